The van der Waals surface area contributed by atoms with Gasteiger partial charge >= 0.3 is 5.97 Å². The van der Waals surface area contributed by atoms with Crippen LogP contribution in [0.15, 0.2) is 47.6 Å². The molecule has 3 aromatic rings. The van der Waals surface area contributed by atoms with Gasteiger partial charge in [-0.25, -0.2) is 0 Å². The Morgan fingerprint density at radius 1 is 1.00 bits per heavy atom. The number of nitrogens with zero attached hydrogens (tertiary/aromatic N) is 3. The first-order chi connectivity index (χ1) is 14.3. The third-order valence-corrected chi connectivity index (χ3v) is 7.24. The van der Waals surface area contributed by atoms with E-state index in [1.165, 1.54) is 47.4 Å². The van der Waals surface area contributed by atoms with Crippen LogP contribution in [0.25, 0.3) is 10.8 Å². The molecule has 150 valence electrons. The fourth-order valence-corrected chi connectivity index (χ4v) is 5.63. The summed E-state index contributed by atoms with van der Waals surface area (Å²) in [5, 5.41) is 12.4. The molecule has 2 fully saturated rings. The molecular formula is C23H25N3O2S. The molecule has 1 saturated carbocycles. The molecule has 0 unspecified atom stereocenters. The van der Waals surface area contributed by atoms with Gasteiger partial charge in [-0.3, -0.25) is 4.79 Å². The summed E-state index contributed by atoms with van der Waals surface area (Å²) in [6.45, 7) is 0.511. The maximum atomic E-state index is 12.0. The standard InChI is InChI=1S/C23H25N3O2S/c27-22-20(13-14-28-22)29-23-25-24-21(26(23)18-10-2-1-3-11-18)15-17-9-6-8-16-7-4-5-12-19(16)17/h4-9,12,18,20H,1-3,10-11,13-15H2/t20-/m0/s1. The van der Waals surface area contributed by atoms with Crippen molar-refractivity contribution in [2.45, 2.75) is 61.4 Å². The molecule has 5 nitrogen and oxygen atoms in total. The van der Waals surface area contributed by atoms with Crippen molar-refractivity contribution in [1.29, 1.82) is 0 Å². The number of hydrogen-bond acceptors (Lipinski definition) is 5. The number of carbonyl (C=O) groups is 1. The van der Waals surface area contributed by atoms with Crippen molar-refractivity contribution in [3.05, 3.63) is 53.9 Å². The highest BCUT2D eigenvalue weighted by atomic mass is 32.2. The van der Waals surface area contributed by atoms with Crippen molar-refractivity contribution in [3.63, 3.8) is 0 Å². The molecule has 0 radical (unpaired) electrons. The van der Waals surface area contributed by atoms with Crippen LogP contribution in [0.2, 0.25) is 0 Å². The van der Waals surface area contributed by atoms with Crippen LogP contribution in [0, 0.1) is 0 Å². The molecule has 0 amide bonds. The first kappa shape index (κ1) is 18.7. The molecular weight excluding hydrogens is 382 g/mol. The zero-order valence-corrected chi connectivity index (χ0v) is 17.2. The molecule has 2 heterocycles. The highest BCUT2D eigenvalue weighted by Crippen LogP contribution is 2.36. The number of aromatic nitrogens is 3. The molecule has 0 N–H and O–H groups in total. The minimum atomic E-state index is -0.160. The summed E-state index contributed by atoms with van der Waals surface area (Å²) in [5.41, 5.74) is 1.27. The van der Waals surface area contributed by atoms with Crippen LogP contribution in [-0.4, -0.2) is 32.6 Å². The first-order valence-electron chi connectivity index (χ1n) is 10.5. The van der Waals surface area contributed by atoms with E-state index in [2.05, 4.69) is 57.2 Å². The minimum Gasteiger partial charge on any atom is -0.465 e. The van der Waals surface area contributed by atoms with E-state index in [1.807, 2.05) is 0 Å². The number of fused-ring (bicyclic) bond motifs is 1. The third-order valence-electron chi connectivity index (χ3n) is 6.04. The monoisotopic (exact) mass is 407 g/mol. The lowest BCUT2D eigenvalue weighted by Crippen LogP contribution is -2.18. The van der Waals surface area contributed by atoms with E-state index in [4.69, 9.17) is 4.74 Å². The van der Waals surface area contributed by atoms with Crippen molar-refractivity contribution < 1.29 is 9.53 Å². The molecule has 2 aliphatic rings. The summed E-state index contributed by atoms with van der Waals surface area (Å²) < 4.78 is 7.49. The number of ether oxygens (including phenoxy) is 1. The average molecular weight is 408 g/mol. The van der Waals surface area contributed by atoms with Gasteiger partial charge < -0.3 is 9.30 Å². The van der Waals surface area contributed by atoms with Gasteiger partial charge in [-0.05, 0) is 29.2 Å². The summed E-state index contributed by atoms with van der Waals surface area (Å²) in [5.74, 6) is 0.880. The molecule has 1 atom stereocenters. The van der Waals surface area contributed by atoms with E-state index >= 15 is 0 Å². The Balaban J connectivity index is 1.50. The van der Waals surface area contributed by atoms with Crippen LogP contribution in [-0.2, 0) is 16.0 Å². The number of thioether (sulfide) groups is 1. The predicted octanol–water partition coefficient (Wildman–Crippen LogP) is 4.93. The fraction of sp³-hybridized carbons (Fsp3) is 0.435. The number of carbonyl (C=O) groups excluding carboxylic acids is 1. The summed E-state index contributed by atoms with van der Waals surface area (Å²) >= 11 is 1.53. The number of hydrogen-bond donors (Lipinski definition) is 0. The SMILES string of the molecule is O=C1OCC[C@@H]1Sc1nnc(Cc2cccc3ccccc23)n1C1CCCCC1. The van der Waals surface area contributed by atoms with E-state index in [-0.39, 0.29) is 11.2 Å². The maximum Gasteiger partial charge on any atom is 0.319 e. The van der Waals surface area contributed by atoms with Gasteiger partial charge in [0.25, 0.3) is 0 Å². The number of benzene rings is 2. The summed E-state index contributed by atoms with van der Waals surface area (Å²) in [4.78, 5) is 12.0. The van der Waals surface area contributed by atoms with Crippen LogP contribution in [0.5, 0.6) is 0 Å². The lowest BCUT2D eigenvalue weighted by Gasteiger charge is -2.26. The van der Waals surface area contributed by atoms with Crippen LogP contribution in [0.4, 0.5) is 0 Å². The van der Waals surface area contributed by atoms with Crippen molar-refractivity contribution in [3.8, 4) is 0 Å². The zero-order chi connectivity index (χ0) is 19.6. The second-order valence-electron chi connectivity index (χ2n) is 7.94. The molecule has 1 aliphatic carbocycles. The second-order valence-corrected chi connectivity index (χ2v) is 9.11. The Bertz CT molecular complexity index is 1020. The van der Waals surface area contributed by atoms with Crippen molar-refractivity contribution in [1.82, 2.24) is 14.8 Å². The number of cyclic esters (lactones) is 1. The minimum absolute atomic E-state index is 0.121. The van der Waals surface area contributed by atoms with Crippen LogP contribution >= 0.6 is 11.8 Å². The Morgan fingerprint density at radius 2 is 1.83 bits per heavy atom. The van der Waals surface area contributed by atoms with Gasteiger partial charge in [0.05, 0.1) is 6.61 Å². The van der Waals surface area contributed by atoms with Gasteiger partial charge in [-0.15, -0.1) is 10.2 Å². The normalized spacial score (nSPS) is 20.3. The van der Waals surface area contributed by atoms with Crippen LogP contribution < -0.4 is 0 Å². The van der Waals surface area contributed by atoms with E-state index in [0.717, 1.165) is 36.7 Å². The average Bonchev–Trinajstić information content (AvgIpc) is 3.35. The number of esters is 1. The second kappa shape index (κ2) is 8.19. The Morgan fingerprint density at radius 3 is 2.66 bits per heavy atom. The smallest absolute Gasteiger partial charge is 0.319 e. The Kier molecular flexibility index (Phi) is 5.27. The molecule has 0 bridgehead atoms. The van der Waals surface area contributed by atoms with Crippen molar-refractivity contribution in [2.75, 3.05) is 6.61 Å². The largest absolute Gasteiger partial charge is 0.465 e. The van der Waals surface area contributed by atoms with E-state index in [9.17, 15) is 4.79 Å². The van der Waals surface area contributed by atoms with E-state index in [1.54, 1.807) is 0 Å². The van der Waals surface area contributed by atoms with Gasteiger partial charge in [-0.1, -0.05) is 73.5 Å². The molecule has 5 rings (SSSR count). The summed E-state index contributed by atoms with van der Waals surface area (Å²) in [7, 11) is 0. The van der Waals surface area contributed by atoms with Gasteiger partial charge in [0.1, 0.15) is 11.1 Å². The van der Waals surface area contributed by atoms with E-state index < -0.39 is 0 Å². The summed E-state index contributed by atoms with van der Waals surface area (Å²) in [6.07, 6.45) is 7.60. The van der Waals surface area contributed by atoms with Crippen molar-refractivity contribution >= 4 is 28.5 Å². The predicted molar refractivity (Wildman–Crippen MR) is 114 cm³/mol. The maximum absolute atomic E-state index is 12.0. The van der Waals surface area contributed by atoms with Crippen LogP contribution in [0.3, 0.4) is 0 Å². The van der Waals surface area contributed by atoms with Crippen LogP contribution in [0.1, 0.15) is 56.0 Å². The molecule has 1 aromatic heterocycles. The van der Waals surface area contributed by atoms with Gasteiger partial charge in [0.2, 0.25) is 0 Å². The molecule has 1 saturated heterocycles. The van der Waals surface area contributed by atoms with Gasteiger partial charge in [0.15, 0.2) is 5.16 Å². The van der Waals surface area contributed by atoms with Gasteiger partial charge in [-0.2, -0.15) is 0 Å². The molecule has 29 heavy (non-hydrogen) atoms. The number of rotatable bonds is 5. The summed E-state index contributed by atoms with van der Waals surface area (Å²) in [6, 6.07) is 15.4. The quantitative estimate of drug-likeness (QED) is 0.561. The van der Waals surface area contributed by atoms with Crippen molar-refractivity contribution in [2.24, 2.45) is 0 Å². The lowest BCUT2D eigenvalue weighted by molar-refractivity contribution is -0.137. The molecule has 6 heteroatoms. The highest BCUT2D eigenvalue weighted by Gasteiger charge is 2.31. The van der Waals surface area contributed by atoms with E-state index in [0.29, 0.717) is 12.6 Å². The topological polar surface area (TPSA) is 57.0 Å². The fourth-order valence-electron chi connectivity index (χ4n) is 4.54. The zero-order valence-electron chi connectivity index (χ0n) is 16.4. The highest BCUT2D eigenvalue weighted by molar-refractivity contribution is 8.00. The molecule has 0 spiro atoms. The third kappa shape index (κ3) is 3.78. The molecule has 1 aliphatic heterocycles. The Hall–Kier alpha value is -2.34. The Labute approximate surface area is 174 Å². The molecule has 2 aromatic carbocycles. The first-order valence-corrected chi connectivity index (χ1v) is 11.4. The van der Waals surface area contributed by atoms with Gasteiger partial charge in [0, 0.05) is 18.9 Å². The lowest BCUT2D eigenvalue weighted by atomic mass is 9.95.